The zero-order chi connectivity index (χ0) is 24.6. The predicted molar refractivity (Wildman–Crippen MR) is 121 cm³/mol. The molecule has 0 saturated heterocycles. The molecular weight excluding hydrogens is 430 g/mol. The normalized spacial score (nSPS) is 12.2. The average Bonchev–Trinajstić information content (AvgIpc) is 2.79. The van der Waals surface area contributed by atoms with E-state index in [2.05, 4.69) is 22.5 Å². The van der Waals surface area contributed by atoms with Crippen LogP contribution in [0.2, 0.25) is 0 Å². The van der Waals surface area contributed by atoms with E-state index in [-0.39, 0.29) is 25.6 Å². The summed E-state index contributed by atoms with van der Waals surface area (Å²) < 4.78 is 9.92. The number of ether oxygens (including phenoxy) is 2. The molecule has 0 aliphatic carbocycles. The first-order valence-electron chi connectivity index (χ1n) is 10.8. The Morgan fingerprint density at radius 1 is 1.03 bits per heavy atom. The molecule has 1 rings (SSSR count). The number of alkyl carbamates (subject to hydrolysis) is 2. The number of unbranched alkanes of at least 4 members (excludes halogenated alkanes) is 1. The summed E-state index contributed by atoms with van der Waals surface area (Å²) in [6.07, 6.45) is 1.20. The summed E-state index contributed by atoms with van der Waals surface area (Å²) in [5.41, 5.74) is 0.799. The Morgan fingerprint density at radius 2 is 1.73 bits per heavy atom. The van der Waals surface area contributed by atoms with Crippen LogP contribution in [-0.2, 0) is 25.7 Å². The molecule has 0 aliphatic rings. The second-order valence-electron chi connectivity index (χ2n) is 7.64. The summed E-state index contributed by atoms with van der Waals surface area (Å²) in [6, 6.07) is 6.99. The molecular formula is C23H33N3O7. The largest absolute Gasteiger partial charge is 0.480 e. The highest BCUT2D eigenvalue weighted by Crippen LogP contribution is 2.07. The fraction of sp³-hybridized carbons (Fsp3) is 0.478. The van der Waals surface area contributed by atoms with E-state index in [1.54, 1.807) is 26.0 Å². The van der Waals surface area contributed by atoms with Crippen molar-refractivity contribution in [2.45, 2.75) is 51.8 Å². The molecule has 0 fully saturated rings. The standard InChI is InChI=1S/C23H33N3O7/c1-4-14-32-22(30)24-13-9-8-12-18(21(28)29)25-20(27)19(16(2)3)26-23(31)33-15-17-10-6-5-7-11-17/h4-7,10-11,16,18-19H,1,8-9,12-15H2,2-3H3,(H,24,30)(H,25,27)(H,26,31)(H,28,29)/t18?,19-/m0/s1. The van der Waals surface area contributed by atoms with Gasteiger partial charge in [0.2, 0.25) is 5.91 Å². The first kappa shape index (κ1) is 27.5. The molecule has 1 aromatic rings. The number of carbonyl (C=O) groups excluding carboxylic acids is 3. The third kappa shape index (κ3) is 11.6. The number of carbonyl (C=O) groups is 4. The average molecular weight is 464 g/mol. The molecule has 0 heterocycles. The summed E-state index contributed by atoms with van der Waals surface area (Å²) in [5, 5.41) is 17.0. The van der Waals surface area contributed by atoms with Gasteiger partial charge < -0.3 is 30.5 Å². The maximum atomic E-state index is 12.7. The number of hydrogen-bond acceptors (Lipinski definition) is 6. The highest BCUT2D eigenvalue weighted by Gasteiger charge is 2.28. The fourth-order valence-electron chi connectivity index (χ4n) is 2.80. The number of aliphatic carboxylic acids is 1. The number of amides is 3. The van der Waals surface area contributed by atoms with Crippen LogP contribution >= 0.6 is 0 Å². The lowest BCUT2D eigenvalue weighted by atomic mass is 10.0. The Bertz CT molecular complexity index is 784. The van der Waals surface area contributed by atoms with E-state index in [9.17, 15) is 24.3 Å². The van der Waals surface area contributed by atoms with E-state index in [1.165, 1.54) is 6.08 Å². The van der Waals surface area contributed by atoms with Gasteiger partial charge in [0.05, 0.1) is 0 Å². The van der Waals surface area contributed by atoms with Crippen molar-refractivity contribution < 1.29 is 33.8 Å². The summed E-state index contributed by atoms with van der Waals surface area (Å²) in [6.45, 7) is 7.35. The van der Waals surface area contributed by atoms with Crippen LogP contribution in [0.5, 0.6) is 0 Å². The van der Waals surface area contributed by atoms with E-state index in [4.69, 9.17) is 9.47 Å². The Labute approximate surface area is 193 Å². The van der Waals surface area contributed by atoms with Crippen molar-refractivity contribution in [3.05, 3.63) is 48.6 Å². The van der Waals surface area contributed by atoms with Crippen LogP contribution in [-0.4, -0.2) is 54.4 Å². The Kier molecular flexibility index (Phi) is 12.7. The molecule has 0 radical (unpaired) electrons. The minimum Gasteiger partial charge on any atom is -0.480 e. The molecule has 10 nitrogen and oxygen atoms in total. The molecule has 1 aromatic carbocycles. The summed E-state index contributed by atoms with van der Waals surface area (Å²) in [4.78, 5) is 47.7. The maximum Gasteiger partial charge on any atom is 0.408 e. The van der Waals surface area contributed by atoms with Gasteiger partial charge >= 0.3 is 18.2 Å². The number of rotatable bonds is 14. The van der Waals surface area contributed by atoms with Gasteiger partial charge in [0.15, 0.2) is 0 Å². The molecule has 2 atom stereocenters. The Morgan fingerprint density at radius 3 is 2.33 bits per heavy atom. The molecule has 33 heavy (non-hydrogen) atoms. The molecule has 0 bridgehead atoms. The number of hydrogen-bond donors (Lipinski definition) is 4. The van der Waals surface area contributed by atoms with Gasteiger partial charge in [-0.2, -0.15) is 0 Å². The molecule has 10 heteroatoms. The topological polar surface area (TPSA) is 143 Å². The second kappa shape index (κ2) is 15.3. The molecule has 0 spiro atoms. The van der Waals surface area contributed by atoms with Gasteiger partial charge in [-0.15, -0.1) is 0 Å². The van der Waals surface area contributed by atoms with Crippen LogP contribution in [0.3, 0.4) is 0 Å². The van der Waals surface area contributed by atoms with Gasteiger partial charge in [0.25, 0.3) is 0 Å². The number of benzene rings is 1. The Balaban J connectivity index is 2.49. The maximum absolute atomic E-state index is 12.7. The van der Waals surface area contributed by atoms with E-state index in [0.29, 0.717) is 19.4 Å². The van der Waals surface area contributed by atoms with Crippen LogP contribution in [0.25, 0.3) is 0 Å². The smallest absolute Gasteiger partial charge is 0.408 e. The lowest BCUT2D eigenvalue weighted by molar-refractivity contribution is -0.142. The quantitative estimate of drug-likeness (QED) is 0.245. The lowest BCUT2D eigenvalue weighted by Crippen LogP contribution is -2.53. The molecule has 0 aliphatic heterocycles. The van der Waals surface area contributed by atoms with Gasteiger partial charge in [0.1, 0.15) is 25.3 Å². The van der Waals surface area contributed by atoms with Crippen LogP contribution in [0, 0.1) is 5.92 Å². The monoisotopic (exact) mass is 463 g/mol. The van der Waals surface area contributed by atoms with Crippen molar-refractivity contribution >= 4 is 24.1 Å². The predicted octanol–water partition coefficient (Wildman–Crippen LogP) is 2.59. The zero-order valence-corrected chi connectivity index (χ0v) is 19.0. The van der Waals surface area contributed by atoms with Crippen LogP contribution < -0.4 is 16.0 Å². The van der Waals surface area contributed by atoms with Crippen molar-refractivity contribution in [3.8, 4) is 0 Å². The minimum atomic E-state index is -1.18. The van der Waals surface area contributed by atoms with Crippen molar-refractivity contribution in [2.24, 2.45) is 5.92 Å². The Hall–Kier alpha value is -3.56. The van der Waals surface area contributed by atoms with Crippen LogP contribution in [0.1, 0.15) is 38.7 Å². The van der Waals surface area contributed by atoms with Crippen LogP contribution in [0.4, 0.5) is 9.59 Å². The SMILES string of the molecule is C=CCOC(=O)NCCCCC(NC(=O)[C@@H](NC(=O)OCc1ccccc1)C(C)C)C(=O)O. The molecule has 3 amide bonds. The minimum absolute atomic E-state index is 0.0476. The summed E-state index contributed by atoms with van der Waals surface area (Å²) in [7, 11) is 0. The molecule has 1 unspecified atom stereocenters. The highest BCUT2D eigenvalue weighted by molar-refractivity contribution is 5.89. The summed E-state index contributed by atoms with van der Waals surface area (Å²) in [5.74, 6) is -2.09. The molecule has 4 N–H and O–H groups in total. The van der Waals surface area contributed by atoms with E-state index >= 15 is 0 Å². The third-order valence-corrected chi connectivity index (χ3v) is 4.57. The zero-order valence-electron chi connectivity index (χ0n) is 19.0. The van der Waals surface area contributed by atoms with E-state index < -0.39 is 36.1 Å². The third-order valence-electron chi connectivity index (χ3n) is 4.57. The lowest BCUT2D eigenvalue weighted by Gasteiger charge is -2.23. The van der Waals surface area contributed by atoms with Gasteiger partial charge in [-0.3, -0.25) is 4.79 Å². The molecule has 182 valence electrons. The number of nitrogens with one attached hydrogen (secondary N) is 3. The molecule has 0 saturated carbocycles. The van der Waals surface area contributed by atoms with E-state index in [0.717, 1.165) is 5.56 Å². The molecule has 0 aromatic heterocycles. The van der Waals surface area contributed by atoms with Crippen molar-refractivity contribution in [2.75, 3.05) is 13.2 Å². The second-order valence-corrected chi connectivity index (χ2v) is 7.64. The van der Waals surface area contributed by atoms with Gasteiger partial charge in [-0.05, 0) is 30.7 Å². The van der Waals surface area contributed by atoms with E-state index in [1.807, 2.05) is 18.2 Å². The van der Waals surface area contributed by atoms with Crippen molar-refractivity contribution in [3.63, 3.8) is 0 Å². The van der Waals surface area contributed by atoms with Gasteiger partial charge in [0, 0.05) is 6.54 Å². The van der Waals surface area contributed by atoms with Gasteiger partial charge in [-0.1, -0.05) is 56.8 Å². The van der Waals surface area contributed by atoms with Crippen LogP contribution in [0.15, 0.2) is 43.0 Å². The van der Waals surface area contributed by atoms with Crippen molar-refractivity contribution in [1.29, 1.82) is 0 Å². The highest BCUT2D eigenvalue weighted by atomic mass is 16.6. The van der Waals surface area contributed by atoms with Crippen molar-refractivity contribution in [1.82, 2.24) is 16.0 Å². The summed E-state index contributed by atoms with van der Waals surface area (Å²) >= 11 is 0. The fourth-order valence-corrected chi connectivity index (χ4v) is 2.80. The number of carboxylic acids is 1. The first-order valence-corrected chi connectivity index (χ1v) is 10.8. The first-order chi connectivity index (χ1) is 15.7. The number of carboxylic acid groups (broad SMARTS) is 1. The van der Waals surface area contributed by atoms with Gasteiger partial charge in [-0.25, -0.2) is 14.4 Å².